The molecule has 1 fully saturated rings. The van der Waals surface area contributed by atoms with E-state index >= 15 is 0 Å². The van der Waals surface area contributed by atoms with E-state index in [0.717, 1.165) is 23.5 Å². The Hall–Kier alpha value is -2.35. The van der Waals surface area contributed by atoms with Gasteiger partial charge in [-0.1, -0.05) is 23.9 Å². The molecule has 8 heteroatoms. The predicted octanol–water partition coefficient (Wildman–Crippen LogP) is 2.00. The summed E-state index contributed by atoms with van der Waals surface area (Å²) >= 11 is 1.31. The molecule has 0 saturated carbocycles. The van der Waals surface area contributed by atoms with Crippen LogP contribution in [0.15, 0.2) is 36.9 Å². The molecular weight excluding hydrogens is 326 g/mol. The molecule has 7 nitrogen and oxygen atoms in total. The van der Waals surface area contributed by atoms with Crippen molar-refractivity contribution in [1.29, 1.82) is 0 Å². The quantitative estimate of drug-likeness (QED) is 0.866. The minimum absolute atomic E-state index is 0.0486. The topological polar surface area (TPSA) is 80.1 Å². The van der Waals surface area contributed by atoms with Crippen molar-refractivity contribution >= 4 is 22.9 Å². The summed E-state index contributed by atoms with van der Waals surface area (Å²) in [6.07, 6.45) is 3.45. The molecule has 1 unspecified atom stereocenters. The number of carbonyl (C=O) groups excluding carboxylic acids is 2. The Balaban J connectivity index is 1.51. The average molecular weight is 345 g/mol. The number of nitrogens with zero attached hydrogens (tertiary/aromatic N) is 4. The van der Waals surface area contributed by atoms with Gasteiger partial charge in [-0.25, -0.2) is 9.67 Å². The fourth-order valence-corrected chi connectivity index (χ4v) is 3.37. The van der Waals surface area contributed by atoms with Gasteiger partial charge in [-0.3, -0.25) is 9.59 Å². The normalized spacial score (nSPS) is 15.5. The van der Waals surface area contributed by atoms with Crippen molar-refractivity contribution in [3.8, 4) is 5.69 Å². The number of carbonyl (C=O) groups is 2. The van der Waals surface area contributed by atoms with Gasteiger partial charge in [0.05, 0.1) is 11.7 Å². The summed E-state index contributed by atoms with van der Waals surface area (Å²) in [7, 11) is 0. The van der Waals surface area contributed by atoms with Crippen LogP contribution in [-0.2, 0) is 4.79 Å². The molecule has 2 aromatic rings. The van der Waals surface area contributed by atoms with Crippen LogP contribution in [0.25, 0.3) is 5.69 Å². The van der Waals surface area contributed by atoms with Crippen molar-refractivity contribution in [2.75, 3.05) is 18.8 Å². The predicted molar refractivity (Wildman–Crippen MR) is 92.0 cm³/mol. The highest BCUT2D eigenvalue weighted by molar-refractivity contribution is 8.13. The number of rotatable bonds is 6. The highest BCUT2D eigenvalue weighted by Crippen LogP contribution is 2.18. The van der Waals surface area contributed by atoms with E-state index in [9.17, 15) is 9.59 Å². The highest BCUT2D eigenvalue weighted by atomic mass is 32.2. The first-order valence-electron chi connectivity index (χ1n) is 7.79. The first kappa shape index (κ1) is 16.5. The summed E-state index contributed by atoms with van der Waals surface area (Å²) in [5, 5.41) is 7.12. The lowest BCUT2D eigenvalue weighted by Crippen LogP contribution is -2.32. The van der Waals surface area contributed by atoms with Crippen LogP contribution in [0.2, 0.25) is 0 Å². The molecule has 1 aromatic heterocycles. The van der Waals surface area contributed by atoms with Crippen molar-refractivity contribution in [2.24, 2.45) is 0 Å². The number of amides is 2. The number of hydrogen-bond donors (Lipinski definition) is 1. The van der Waals surface area contributed by atoms with Gasteiger partial charge in [0.1, 0.15) is 12.7 Å². The zero-order valence-electron chi connectivity index (χ0n) is 13.4. The number of hydrogen-bond acceptors (Lipinski definition) is 5. The lowest BCUT2D eigenvalue weighted by Gasteiger charge is -2.17. The maximum Gasteiger partial charge on any atom is 0.281 e. The molecule has 1 aliphatic rings. The maximum atomic E-state index is 12.1. The van der Waals surface area contributed by atoms with Crippen LogP contribution >= 0.6 is 11.8 Å². The summed E-state index contributed by atoms with van der Waals surface area (Å²) in [5.41, 5.74) is 1.93. The number of benzene rings is 1. The van der Waals surface area contributed by atoms with Crippen molar-refractivity contribution < 1.29 is 9.59 Å². The second-order valence-corrected chi connectivity index (χ2v) is 6.62. The lowest BCUT2D eigenvalue weighted by molar-refractivity contribution is -0.121. The van der Waals surface area contributed by atoms with Gasteiger partial charge >= 0.3 is 0 Å². The first-order valence-corrected chi connectivity index (χ1v) is 8.78. The molecule has 1 aliphatic heterocycles. The molecule has 1 N–H and O–H groups in total. The fraction of sp³-hybridized carbons (Fsp3) is 0.375. The van der Waals surface area contributed by atoms with Gasteiger partial charge < -0.3 is 10.2 Å². The summed E-state index contributed by atoms with van der Waals surface area (Å²) in [4.78, 5) is 29.2. The van der Waals surface area contributed by atoms with Crippen molar-refractivity contribution in [2.45, 2.75) is 19.4 Å². The summed E-state index contributed by atoms with van der Waals surface area (Å²) in [5.74, 6) is 0.766. The van der Waals surface area contributed by atoms with Gasteiger partial charge in [0.15, 0.2) is 0 Å². The first-order chi connectivity index (χ1) is 11.6. The zero-order valence-corrected chi connectivity index (χ0v) is 14.2. The van der Waals surface area contributed by atoms with Gasteiger partial charge in [-0.15, -0.1) is 0 Å². The van der Waals surface area contributed by atoms with Gasteiger partial charge in [0.25, 0.3) is 5.24 Å². The molecule has 24 heavy (non-hydrogen) atoms. The molecule has 0 aliphatic carbocycles. The second kappa shape index (κ2) is 7.48. The summed E-state index contributed by atoms with van der Waals surface area (Å²) in [6.45, 7) is 3.16. The van der Waals surface area contributed by atoms with E-state index < -0.39 is 0 Å². The molecule has 0 bridgehead atoms. The molecule has 1 saturated heterocycles. The Kier molecular flexibility index (Phi) is 5.14. The van der Waals surface area contributed by atoms with Gasteiger partial charge in [0.2, 0.25) is 5.91 Å². The minimum atomic E-state index is -0.0917. The largest absolute Gasteiger partial charge is 0.350 e. The number of nitrogens with one attached hydrogen (secondary N) is 1. The fourth-order valence-electron chi connectivity index (χ4n) is 2.52. The van der Waals surface area contributed by atoms with Gasteiger partial charge in [0, 0.05) is 25.3 Å². The van der Waals surface area contributed by atoms with E-state index in [1.165, 1.54) is 18.1 Å². The molecule has 126 valence electrons. The van der Waals surface area contributed by atoms with E-state index in [2.05, 4.69) is 15.4 Å². The second-order valence-electron chi connectivity index (χ2n) is 5.57. The minimum Gasteiger partial charge on any atom is -0.350 e. The molecule has 1 aromatic carbocycles. The average Bonchev–Trinajstić information content (AvgIpc) is 3.25. The van der Waals surface area contributed by atoms with Crippen LogP contribution in [0, 0.1) is 0 Å². The zero-order chi connectivity index (χ0) is 16.9. The molecule has 1 atom stereocenters. The summed E-state index contributed by atoms with van der Waals surface area (Å²) in [6, 6.07) is 7.70. The maximum absolute atomic E-state index is 12.1. The highest BCUT2D eigenvalue weighted by Gasteiger charge is 2.21. The standard InChI is InChI=1S/C16H19N5O2S/c1-12(19-15(22)6-7-20-8-9-24-16(20)23)13-2-4-14(5-3-13)21-11-17-10-18-21/h2-5,10-12H,6-9H2,1H3,(H,19,22). The number of aromatic nitrogens is 3. The Labute approximate surface area is 144 Å². The van der Waals surface area contributed by atoms with E-state index in [1.54, 1.807) is 15.9 Å². The third-order valence-corrected chi connectivity index (χ3v) is 4.80. The molecule has 2 amide bonds. The third kappa shape index (κ3) is 3.94. The van der Waals surface area contributed by atoms with Gasteiger partial charge in [-0.05, 0) is 24.6 Å². The molecule has 2 heterocycles. The van der Waals surface area contributed by atoms with E-state index in [4.69, 9.17) is 0 Å². The molecule has 3 rings (SSSR count). The van der Waals surface area contributed by atoms with E-state index in [0.29, 0.717) is 13.0 Å². The van der Waals surface area contributed by atoms with Crippen LogP contribution in [0.4, 0.5) is 4.79 Å². The van der Waals surface area contributed by atoms with E-state index in [-0.39, 0.29) is 17.2 Å². The van der Waals surface area contributed by atoms with Gasteiger partial charge in [-0.2, -0.15) is 5.10 Å². The molecule has 0 spiro atoms. The van der Waals surface area contributed by atoms with E-state index in [1.807, 2.05) is 31.2 Å². The monoisotopic (exact) mass is 345 g/mol. The Morgan fingerprint density at radius 3 is 2.79 bits per heavy atom. The lowest BCUT2D eigenvalue weighted by atomic mass is 10.1. The Morgan fingerprint density at radius 1 is 1.38 bits per heavy atom. The van der Waals surface area contributed by atoms with Crippen LogP contribution in [0.1, 0.15) is 24.9 Å². The summed E-state index contributed by atoms with van der Waals surface area (Å²) < 4.78 is 1.68. The van der Waals surface area contributed by atoms with Crippen LogP contribution in [0.3, 0.4) is 0 Å². The smallest absolute Gasteiger partial charge is 0.281 e. The third-order valence-electron chi connectivity index (χ3n) is 3.91. The molecule has 0 radical (unpaired) electrons. The van der Waals surface area contributed by atoms with Crippen LogP contribution in [-0.4, -0.2) is 49.7 Å². The van der Waals surface area contributed by atoms with Crippen LogP contribution < -0.4 is 5.32 Å². The van der Waals surface area contributed by atoms with Crippen molar-refractivity contribution in [3.63, 3.8) is 0 Å². The number of thioether (sulfide) groups is 1. The molecular formula is C16H19N5O2S. The van der Waals surface area contributed by atoms with Crippen molar-refractivity contribution in [3.05, 3.63) is 42.5 Å². The Bertz CT molecular complexity index is 702. The SMILES string of the molecule is CC(NC(=O)CCN1CCSC1=O)c1ccc(-n2cncn2)cc1. The van der Waals surface area contributed by atoms with Crippen molar-refractivity contribution in [1.82, 2.24) is 25.0 Å². The Morgan fingerprint density at radius 2 is 2.17 bits per heavy atom. The van der Waals surface area contributed by atoms with Crippen LogP contribution in [0.5, 0.6) is 0 Å².